The molecule has 0 saturated heterocycles. The minimum atomic E-state index is -0.986. The number of nitrogens with zero attached hydrogens (tertiary/aromatic N) is 1. The first kappa shape index (κ1) is 14.0. The van der Waals surface area contributed by atoms with Crippen LogP contribution in [0.5, 0.6) is 0 Å². The van der Waals surface area contributed by atoms with Crippen molar-refractivity contribution in [3.8, 4) is 0 Å². The Bertz CT molecular complexity index is 534. The van der Waals surface area contributed by atoms with Gasteiger partial charge in [0.1, 0.15) is 5.69 Å². The summed E-state index contributed by atoms with van der Waals surface area (Å²) in [5, 5.41) is 22.3. The zero-order chi connectivity index (χ0) is 13.9. The van der Waals surface area contributed by atoms with Gasteiger partial charge in [-0.15, -0.1) is 0 Å². The van der Waals surface area contributed by atoms with Crippen molar-refractivity contribution in [3.63, 3.8) is 0 Å². The molecule has 5 N–H and O–H groups in total. The quantitative estimate of drug-likeness (QED) is 0.286. The number of carbonyl (C=O) groups is 1. The Hall–Kier alpha value is -2.06. The smallest absolute Gasteiger partial charge is 0.318 e. The Kier molecular flexibility index (Phi) is 4.29. The second kappa shape index (κ2) is 5.52. The van der Waals surface area contributed by atoms with Gasteiger partial charge in [0.25, 0.3) is 5.69 Å². The van der Waals surface area contributed by atoms with Gasteiger partial charge in [-0.25, -0.2) is 4.79 Å². The second-order valence-electron chi connectivity index (χ2n) is 3.03. The summed E-state index contributed by atoms with van der Waals surface area (Å²) in [7, 11) is 0. The van der Waals surface area contributed by atoms with Gasteiger partial charge in [-0.3, -0.25) is 20.8 Å². The highest BCUT2D eigenvalue weighted by molar-refractivity contribution is 6.37. The molecule has 96 valence electrons. The molecule has 1 aromatic carbocycles. The van der Waals surface area contributed by atoms with Crippen LogP contribution in [0.1, 0.15) is 0 Å². The normalized spacial score (nSPS) is 9.67. The van der Waals surface area contributed by atoms with E-state index >= 15 is 0 Å². The van der Waals surface area contributed by atoms with E-state index in [0.29, 0.717) is 0 Å². The third-order valence-corrected chi connectivity index (χ3v) is 2.25. The van der Waals surface area contributed by atoms with Crippen LogP contribution in [0.4, 0.5) is 16.2 Å². The Morgan fingerprint density at radius 2 is 2.06 bits per heavy atom. The van der Waals surface area contributed by atoms with E-state index in [1.807, 2.05) is 5.32 Å². The Morgan fingerprint density at radius 1 is 1.44 bits per heavy atom. The van der Waals surface area contributed by atoms with E-state index in [4.69, 9.17) is 34.3 Å². The van der Waals surface area contributed by atoms with Crippen LogP contribution in [-0.2, 0) is 0 Å². The number of nitrogens with one attached hydrogen (secondary N) is 3. The number of guanidine groups is 1. The maximum absolute atomic E-state index is 10.8. The molecule has 0 aliphatic heterocycles. The average molecular weight is 292 g/mol. The van der Waals surface area contributed by atoms with Crippen molar-refractivity contribution in [1.82, 2.24) is 5.32 Å². The van der Waals surface area contributed by atoms with Crippen LogP contribution in [0.2, 0.25) is 10.0 Å². The number of hydrogen-bond donors (Lipinski definition) is 4. The topological polar surface area (TPSA) is 134 Å². The van der Waals surface area contributed by atoms with Gasteiger partial charge in [-0.1, -0.05) is 23.2 Å². The largest absolute Gasteiger partial charge is 0.351 e. The lowest BCUT2D eigenvalue weighted by Gasteiger charge is -2.10. The number of benzene rings is 1. The van der Waals surface area contributed by atoms with E-state index in [1.54, 1.807) is 0 Å². The number of rotatable bonds is 2. The van der Waals surface area contributed by atoms with Crippen LogP contribution in [0.3, 0.4) is 0 Å². The summed E-state index contributed by atoms with van der Waals surface area (Å²) in [5.74, 6) is -0.546. The van der Waals surface area contributed by atoms with Crippen molar-refractivity contribution in [3.05, 3.63) is 32.3 Å². The number of halogens is 2. The predicted octanol–water partition coefficient (Wildman–Crippen LogP) is 1.92. The fraction of sp³-hybridized carbons (Fsp3) is 0. The van der Waals surface area contributed by atoms with E-state index in [9.17, 15) is 14.9 Å². The number of carbonyl (C=O) groups excluding carboxylic acids is 1. The maximum Gasteiger partial charge on any atom is 0.318 e. The molecule has 18 heavy (non-hydrogen) atoms. The van der Waals surface area contributed by atoms with E-state index in [2.05, 4.69) is 5.32 Å². The number of nitro groups is 1. The first-order valence-corrected chi connectivity index (χ1v) is 5.12. The first-order chi connectivity index (χ1) is 8.31. The molecule has 10 heteroatoms. The van der Waals surface area contributed by atoms with Crippen LogP contribution in [0.25, 0.3) is 0 Å². The van der Waals surface area contributed by atoms with Crippen LogP contribution < -0.4 is 16.4 Å². The summed E-state index contributed by atoms with van der Waals surface area (Å²) >= 11 is 11.4. The standard InChI is InChI=1S/C8H7Cl2N5O3/c9-3-1-4(10)6(5(2-3)15(17)18)13-7(11)14-8(12)16/h1-2H,(H5,11,12,13,14,16). The number of nitro benzene ring substituents is 1. The number of anilines is 1. The van der Waals surface area contributed by atoms with Gasteiger partial charge >= 0.3 is 6.03 Å². The molecule has 8 nitrogen and oxygen atoms in total. The molecule has 0 atom stereocenters. The number of amides is 2. The average Bonchev–Trinajstić information content (AvgIpc) is 2.20. The number of hydrogen-bond acceptors (Lipinski definition) is 4. The Labute approximate surface area is 111 Å². The molecule has 2 amide bonds. The van der Waals surface area contributed by atoms with Crippen molar-refractivity contribution in [2.24, 2.45) is 5.73 Å². The molecular formula is C8H7Cl2N5O3. The molecule has 1 rings (SSSR count). The van der Waals surface area contributed by atoms with Crippen molar-refractivity contribution in [2.45, 2.75) is 0 Å². The maximum atomic E-state index is 10.8. The van der Waals surface area contributed by atoms with E-state index < -0.39 is 22.6 Å². The molecule has 0 unspecified atom stereocenters. The van der Waals surface area contributed by atoms with Crippen LogP contribution in [0, 0.1) is 15.5 Å². The first-order valence-electron chi connectivity index (χ1n) is 4.36. The van der Waals surface area contributed by atoms with Gasteiger partial charge < -0.3 is 11.1 Å². The lowest BCUT2D eigenvalue weighted by Crippen LogP contribution is -2.38. The highest BCUT2D eigenvalue weighted by Gasteiger charge is 2.19. The molecule has 0 aromatic heterocycles. The molecule has 0 bridgehead atoms. The van der Waals surface area contributed by atoms with Gasteiger partial charge in [-0.2, -0.15) is 0 Å². The molecule has 0 radical (unpaired) electrons. The lowest BCUT2D eigenvalue weighted by atomic mass is 10.2. The minimum Gasteiger partial charge on any atom is -0.351 e. The highest BCUT2D eigenvalue weighted by Crippen LogP contribution is 2.35. The highest BCUT2D eigenvalue weighted by atomic mass is 35.5. The van der Waals surface area contributed by atoms with E-state index in [0.717, 1.165) is 6.07 Å². The molecule has 1 aromatic rings. The van der Waals surface area contributed by atoms with Crippen molar-refractivity contribution < 1.29 is 9.72 Å². The molecule has 0 spiro atoms. The predicted molar refractivity (Wildman–Crippen MR) is 67.2 cm³/mol. The van der Waals surface area contributed by atoms with Crippen molar-refractivity contribution in [1.29, 1.82) is 5.41 Å². The van der Waals surface area contributed by atoms with Crippen molar-refractivity contribution in [2.75, 3.05) is 5.32 Å². The zero-order valence-electron chi connectivity index (χ0n) is 8.66. The van der Waals surface area contributed by atoms with Gasteiger partial charge in [0.2, 0.25) is 5.96 Å². The fourth-order valence-corrected chi connectivity index (χ4v) is 1.64. The molecule has 0 heterocycles. The minimum absolute atomic E-state index is 0.0646. The van der Waals surface area contributed by atoms with Crippen LogP contribution >= 0.6 is 23.2 Å². The second-order valence-corrected chi connectivity index (χ2v) is 3.87. The Balaban J connectivity index is 3.11. The van der Waals surface area contributed by atoms with Crippen LogP contribution in [-0.4, -0.2) is 16.9 Å². The van der Waals surface area contributed by atoms with Gasteiger partial charge in [0, 0.05) is 11.1 Å². The fourth-order valence-electron chi connectivity index (χ4n) is 1.11. The third kappa shape index (κ3) is 3.47. The Morgan fingerprint density at radius 3 is 2.56 bits per heavy atom. The number of primary amides is 1. The summed E-state index contributed by atoms with van der Waals surface area (Å²) in [5.41, 5.74) is 4.20. The number of nitrogens with two attached hydrogens (primary N) is 1. The molecule has 0 aliphatic rings. The van der Waals surface area contributed by atoms with Crippen molar-refractivity contribution >= 4 is 46.6 Å². The van der Waals surface area contributed by atoms with Gasteiger partial charge in [-0.05, 0) is 6.07 Å². The van der Waals surface area contributed by atoms with E-state index in [1.165, 1.54) is 6.07 Å². The van der Waals surface area contributed by atoms with Crippen LogP contribution in [0.15, 0.2) is 12.1 Å². The summed E-state index contributed by atoms with van der Waals surface area (Å²) in [6.07, 6.45) is 0. The van der Waals surface area contributed by atoms with Gasteiger partial charge in [0.05, 0.1) is 9.95 Å². The summed E-state index contributed by atoms with van der Waals surface area (Å²) < 4.78 is 0. The molecular weight excluding hydrogens is 285 g/mol. The number of urea groups is 1. The monoisotopic (exact) mass is 291 g/mol. The summed E-state index contributed by atoms with van der Waals surface area (Å²) in [6.45, 7) is 0. The van der Waals surface area contributed by atoms with Gasteiger partial charge in [0.15, 0.2) is 0 Å². The summed E-state index contributed by atoms with van der Waals surface area (Å²) in [4.78, 5) is 20.6. The lowest BCUT2D eigenvalue weighted by molar-refractivity contribution is -0.383. The molecule has 0 saturated carbocycles. The zero-order valence-corrected chi connectivity index (χ0v) is 10.2. The third-order valence-electron chi connectivity index (χ3n) is 1.73. The SMILES string of the molecule is N=C(NC(N)=O)Nc1c(Cl)cc(Cl)cc1[N+](=O)[O-]. The van der Waals surface area contributed by atoms with E-state index in [-0.39, 0.29) is 15.7 Å². The molecule has 0 fully saturated rings. The summed E-state index contributed by atoms with van der Waals surface area (Å²) in [6, 6.07) is 1.34. The molecule has 0 aliphatic carbocycles.